The van der Waals surface area contributed by atoms with Crippen molar-refractivity contribution >= 4 is 11.9 Å². The molecule has 0 aromatic heterocycles. The van der Waals surface area contributed by atoms with Gasteiger partial charge in [0.2, 0.25) is 0 Å². The molecule has 3 atom stereocenters. The standard InChI is InChI=1S/C42H72O6/c1-7-8-9-10-11-12-13-14-15-16-17-18-19-20-21-22-23-28-40(44)48-33-37(27-25-30-41(4,5)45)38-29-32-42(6,46)31-24-26-35(2)39(38)34-47-36(3)43/h24-25,27,30-31,38-39,45-46H,2,7-23,26,28-29,32-34H2,1,3-6H3. The van der Waals surface area contributed by atoms with E-state index in [2.05, 4.69) is 13.5 Å². The third-order valence-electron chi connectivity index (χ3n) is 9.47. The quantitative estimate of drug-likeness (QED) is 0.0434. The Labute approximate surface area is 294 Å². The lowest BCUT2D eigenvalue weighted by Gasteiger charge is -2.31. The Morgan fingerprint density at radius 3 is 1.94 bits per heavy atom. The average molecular weight is 673 g/mol. The number of esters is 2. The summed E-state index contributed by atoms with van der Waals surface area (Å²) in [6.07, 6.45) is 33.1. The minimum atomic E-state index is -1.00. The Kier molecular flexibility index (Phi) is 23.5. The summed E-state index contributed by atoms with van der Waals surface area (Å²) in [6.45, 7) is 13.4. The van der Waals surface area contributed by atoms with E-state index in [9.17, 15) is 19.8 Å². The lowest BCUT2D eigenvalue weighted by molar-refractivity contribution is -0.143. The maximum Gasteiger partial charge on any atom is 0.306 e. The Morgan fingerprint density at radius 1 is 0.917 bits per heavy atom. The lowest BCUT2D eigenvalue weighted by Crippen LogP contribution is -2.29. The maximum atomic E-state index is 12.8. The first kappa shape index (κ1) is 43.8. The SMILES string of the molecule is C=C1CC=CC(C)(O)CCC(C(=CC=CC(C)(C)O)COC(=O)CCCCCCCCCCCCCCCCCCC)C1COC(C)=O. The second kappa shape index (κ2) is 25.7. The van der Waals surface area contributed by atoms with Crippen molar-refractivity contribution in [3.05, 3.63) is 48.1 Å². The van der Waals surface area contributed by atoms with Crippen LogP contribution in [-0.2, 0) is 19.1 Å². The zero-order valence-corrected chi connectivity index (χ0v) is 31.5. The topological polar surface area (TPSA) is 93.1 Å². The molecular weight excluding hydrogens is 600 g/mol. The van der Waals surface area contributed by atoms with Crippen LogP contribution in [0.15, 0.2) is 48.1 Å². The predicted octanol–water partition coefficient (Wildman–Crippen LogP) is 10.7. The number of allylic oxidation sites excluding steroid dienone is 3. The molecule has 6 nitrogen and oxygen atoms in total. The predicted molar refractivity (Wildman–Crippen MR) is 200 cm³/mol. The van der Waals surface area contributed by atoms with Gasteiger partial charge in [-0.3, -0.25) is 9.59 Å². The van der Waals surface area contributed by atoms with Crippen LogP contribution in [0.4, 0.5) is 0 Å². The van der Waals surface area contributed by atoms with Crippen LogP contribution in [0.3, 0.4) is 0 Å². The summed E-state index contributed by atoms with van der Waals surface area (Å²) in [4.78, 5) is 24.6. The van der Waals surface area contributed by atoms with Crippen molar-refractivity contribution in [3.8, 4) is 0 Å². The van der Waals surface area contributed by atoms with Gasteiger partial charge in [-0.15, -0.1) is 0 Å². The van der Waals surface area contributed by atoms with E-state index in [-0.39, 0.29) is 37.0 Å². The van der Waals surface area contributed by atoms with E-state index in [4.69, 9.17) is 9.47 Å². The van der Waals surface area contributed by atoms with Crippen molar-refractivity contribution in [1.82, 2.24) is 0 Å². The summed E-state index contributed by atoms with van der Waals surface area (Å²) >= 11 is 0. The number of rotatable bonds is 25. The summed E-state index contributed by atoms with van der Waals surface area (Å²) in [6, 6.07) is 0. The van der Waals surface area contributed by atoms with Crippen molar-refractivity contribution in [3.63, 3.8) is 0 Å². The first-order valence-corrected chi connectivity index (χ1v) is 19.3. The summed E-state index contributed by atoms with van der Waals surface area (Å²) in [5, 5.41) is 21.2. The molecule has 0 fully saturated rings. The fraction of sp³-hybridized carbons (Fsp3) is 0.762. The molecule has 0 heterocycles. The Bertz CT molecular complexity index is 983. The number of carbonyl (C=O) groups excluding carboxylic acids is 2. The van der Waals surface area contributed by atoms with E-state index >= 15 is 0 Å². The molecule has 0 aromatic rings. The molecule has 2 N–H and O–H groups in total. The molecule has 1 rings (SSSR count). The molecule has 276 valence electrons. The number of carbonyl (C=O) groups is 2. The van der Waals surface area contributed by atoms with Crippen LogP contribution in [0, 0.1) is 11.8 Å². The lowest BCUT2D eigenvalue weighted by atomic mass is 9.77. The molecule has 1 aliphatic rings. The first-order chi connectivity index (χ1) is 22.8. The molecule has 0 amide bonds. The highest BCUT2D eigenvalue weighted by Crippen LogP contribution is 2.36. The molecular formula is C42H72O6. The fourth-order valence-corrected chi connectivity index (χ4v) is 6.43. The summed E-state index contributed by atoms with van der Waals surface area (Å²) in [5.41, 5.74) is -0.255. The highest BCUT2D eigenvalue weighted by molar-refractivity contribution is 5.69. The normalized spacial score (nSPS) is 20.8. The van der Waals surface area contributed by atoms with Gasteiger partial charge in [-0.05, 0) is 57.9 Å². The molecule has 6 heteroatoms. The average Bonchev–Trinajstić information content (AvgIpc) is 3.06. The van der Waals surface area contributed by atoms with Gasteiger partial charge in [0, 0.05) is 19.3 Å². The van der Waals surface area contributed by atoms with Crippen molar-refractivity contribution in [2.24, 2.45) is 11.8 Å². The van der Waals surface area contributed by atoms with Gasteiger partial charge >= 0.3 is 11.9 Å². The third kappa shape index (κ3) is 23.2. The van der Waals surface area contributed by atoms with Gasteiger partial charge in [-0.1, -0.05) is 152 Å². The molecule has 48 heavy (non-hydrogen) atoms. The van der Waals surface area contributed by atoms with Gasteiger partial charge < -0.3 is 19.7 Å². The smallest absolute Gasteiger partial charge is 0.306 e. The molecule has 0 radical (unpaired) electrons. The second-order valence-electron chi connectivity index (χ2n) is 15.0. The molecule has 0 saturated heterocycles. The third-order valence-corrected chi connectivity index (χ3v) is 9.47. The van der Waals surface area contributed by atoms with Crippen molar-refractivity contribution < 1.29 is 29.3 Å². The van der Waals surface area contributed by atoms with Gasteiger partial charge in [-0.25, -0.2) is 0 Å². The number of hydrogen-bond donors (Lipinski definition) is 2. The van der Waals surface area contributed by atoms with Gasteiger partial charge in [0.25, 0.3) is 0 Å². The minimum absolute atomic E-state index is 0.0953. The zero-order valence-electron chi connectivity index (χ0n) is 31.5. The minimum Gasteiger partial charge on any atom is -0.465 e. The van der Waals surface area contributed by atoms with Crippen LogP contribution in [0.2, 0.25) is 0 Å². The summed E-state index contributed by atoms with van der Waals surface area (Å²) in [7, 11) is 0. The van der Waals surface area contributed by atoms with Crippen LogP contribution in [0.25, 0.3) is 0 Å². The van der Waals surface area contributed by atoms with Crippen LogP contribution in [0.5, 0.6) is 0 Å². The molecule has 0 aliphatic heterocycles. The Hall–Kier alpha value is -2.18. The highest BCUT2D eigenvalue weighted by atomic mass is 16.5. The zero-order chi connectivity index (χ0) is 35.7. The Morgan fingerprint density at radius 2 is 1.44 bits per heavy atom. The van der Waals surface area contributed by atoms with Crippen LogP contribution < -0.4 is 0 Å². The molecule has 0 saturated carbocycles. The van der Waals surface area contributed by atoms with E-state index in [1.54, 1.807) is 39.0 Å². The van der Waals surface area contributed by atoms with Crippen molar-refractivity contribution in [1.29, 1.82) is 0 Å². The van der Waals surface area contributed by atoms with E-state index in [0.717, 1.165) is 30.4 Å². The van der Waals surface area contributed by atoms with Crippen LogP contribution in [-0.4, -0.2) is 46.6 Å². The molecule has 1 aliphatic carbocycles. The number of ether oxygens (including phenoxy) is 2. The number of hydrogen-bond acceptors (Lipinski definition) is 6. The van der Waals surface area contributed by atoms with E-state index in [1.807, 2.05) is 12.2 Å². The maximum absolute atomic E-state index is 12.8. The van der Waals surface area contributed by atoms with Crippen LogP contribution in [0.1, 0.15) is 169 Å². The van der Waals surface area contributed by atoms with E-state index in [1.165, 1.54) is 96.8 Å². The van der Waals surface area contributed by atoms with E-state index < -0.39 is 11.2 Å². The highest BCUT2D eigenvalue weighted by Gasteiger charge is 2.32. The van der Waals surface area contributed by atoms with E-state index in [0.29, 0.717) is 25.7 Å². The molecule has 0 spiro atoms. The summed E-state index contributed by atoms with van der Waals surface area (Å²) in [5.74, 6) is -0.974. The second-order valence-corrected chi connectivity index (χ2v) is 15.0. The molecule has 0 bridgehead atoms. The largest absolute Gasteiger partial charge is 0.465 e. The first-order valence-electron chi connectivity index (χ1n) is 19.3. The van der Waals surface area contributed by atoms with Crippen LogP contribution >= 0.6 is 0 Å². The van der Waals surface area contributed by atoms with Crippen molar-refractivity contribution in [2.45, 2.75) is 181 Å². The summed E-state index contributed by atoms with van der Waals surface area (Å²) < 4.78 is 11.3. The Balaban J connectivity index is 2.54. The number of unbranched alkanes of at least 4 members (excludes halogenated alkanes) is 16. The molecule has 3 unspecified atom stereocenters. The van der Waals surface area contributed by atoms with Gasteiger partial charge in [0.05, 0.1) is 17.8 Å². The fourth-order valence-electron chi connectivity index (χ4n) is 6.43. The monoisotopic (exact) mass is 673 g/mol. The van der Waals surface area contributed by atoms with Gasteiger partial charge in [0.15, 0.2) is 0 Å². The van der Waals surface area contributed by atoms with Gasteiger partial charge in [-0.2, -0.15) is 0 Å². The van der Waals surface area contributed by atoms with Gasteiger partial charge in [0.1, 0.15) is 6.61 Å². The molecule has 0 aromatic carbocycles. The number of aliphatic hydroxyl groups is 2. The van der Waals surface area contributed by atoms with Crippen molar-refractivity contribution in [2.75, 3.05) is 13.2 Å².